The van der Waals surface area contributed by atoms with Gasteiger partial charge in [-0.25, -0.2) is 0 Å². The lowest BCUT2D eigenvalue weighted by atomic mass is 9.95. The van der Waals surface area contributed by atoms with Gasteiger partial charge < -0.3 is 25.1 Å². The van der Waals surface area contributed by atoms with Crippen molar-refractivity contribution in [2.75, 3.05) is 11.9 Å². The average Bonchev–Trinajstić information content (AvgIpc) is 3.51. The molecule has 2 aromatic carbocycles. The highest BCUT2D eigenvalue weighted by atomic mass is 28.4. The molecule has 0 radical (unpaired) electrons. The maximum absolute atomic E-state index is 11.9. The number of ether oxygens (including phenoxy) is 1. The number of aliphatic hydroxyl groups excluding tert-OH is 2. The van der Waals surface area contributed by atoms with Gasteiger partial charge in [-0.3, -0.25) is 9.48 Å². The molecule has 3 aromatic rings. The molecule has 1 aliphatic heterocycles. The first kappa shape index (κ1) is 30.1. The molecular weight excluding hydrogens is 524 g/mol. The Labute approximate surface area is 237 Å². The molecular formula is C30H42N4O5Si. The Morgan fingerprint density at radius 2 is 1.88 bits per heavy atom. The largest absolute Gasteiger partial charge is 0.432 e. The Morgan fingerprint density at radius 1 is 1.12 bits per heavy atom. The fourth-order valence-electron chi connectivity index (χ4n) is 5.94. The lowest BCUT2D eigenvalue weighted by Crippen LogP contribution is -2.40. The molecule has 0 bridgehead atoms. The maximum atomic E-state index is 11.9. The molecule has 216 valence electrons. The van der Waals surface area contributed by atoms with Gasteiger partial charge in [-0.1, -0.05) is 54.6 Å². The molecule has 10 heteroatoms. The van der Waals surface area contributed by atoms with Crippen molar-refractivity contribution in [3.8, 4) is 0 Å². The minimum absolute atomic E-state index is 0.00722. The summed E-state index contributed by atoms with van der Waals surface area (Å²) in [4.78, 5) is 23.1. The number of aromatic nitrogens is 3. The normalized spacial score (nSPS) is 22.7. The molecule has 4 rings (SSSR count). The van der Waals surface area contributed by atoms with E-state index in [-0.39, 0.29) is 36.2 Å². The van der Waals surface area contributed by atoms with E-state index in [0.717, 1.165) is 29.7 Å². The summed E-state index contributed by atoms with van der Waals surface area (Å²) in [6.45, 7) is 8.15. The summed E-state index contributed by atoms with van der Waals surface area (Å²) >= 11 is 0. The van der Waals surface area contributed by atoms with Crippen molar-refractivity contribution in [3.63, 3.8) is 0 Å². The number of rotatable bonds is 12. The van der Waals surface area contributed by atoms with Crippen LogP contribution in [0.25, 0.3) is 0 Å². The standard InChI is InChI=1S/C30H42N4O5Si/c1-20-27(14-13-22-9-8-12-24(17-22)31-30(37)21(2)36)39-28(29(20)40(3,4)38)15-16-34-18-26(32-33-34)25(19-35)23-10-6-5-7-11-23/h5-12,17-18,20-21,25,27-29,35-36,38H,13-16,19H2,1-4H3,(H,31,37)/t20-,21+,25?,27+,28-,29+/m1/s1. The topological polar surface area (TPSA) is 130 Å². The Hall–Kier alpha value is -2.89. The maximum Gasteiger partial charge on any atom is 0.252 e. The number of aliphatic hydroxyl groups is 2. The zero-order valence-electron chi connectivity index (χ0n) is 23.8. The Balaban J connectivity index is 1.39. The monoisotopic (exact) mass is 566 g/mol. The van der Waals surface area contributed by atoms with Crippen LogP contribution in [0.5, 0.6) is 0 Å². The summed E-state index contributed by atoms with van der Waals surface area (Å²) < 4.78 is 8.40. The second kappa shape index (κ2) is 13.2. The molecule has 1 saturated heterocycles. The van der Waals surface area contributed by atoms with Crippen LogP contribution in [0, 0.1) is 5.92 Å². The summed E-state index contributed by atoms with van der Waals surface area (Å²) in [6, 6.07) is 17.5. The molecule has 1 aliphatic rings. The number of nitrogens with zero attached hydrogens (tertiary/aromatic N) is 3. The number of hydrogen-bond donors (Lipinski definition) is 4. The molecule has 0 spiro atoms. The molecule has 0 saturated carbocycles. The predicted molar refractivity (Wildman–Crippen MR) is 156 cm³/mol. The first-order valence-corrected chi connectivity index (χ1v) is 17.1. The van der Waals surface area contributed by atoms with Gasteiger partial charge in [0.05, 0.1) is 30.4 Å². The van der Waals surface area contributed by atoms with Crippen molar-refractivity contribution in [1.82, 2.24) is 15.0 Å². The SMILES string of the molecule is C[C@H]1[C@H]([Si](C)(C)O)[C@@H](CCn2cc(C(CO)c3ccccc3)nn2)O[C@H]1CCc1cccc(NC(=O)[C@H](C)O)c1. The summed E-state index contributed by atoms with van der Waals surface area (Å²) in [7, 11) is -2.51. The van der Waals surface area contributed by atoms with Crippen LogP contribution in [0.15, 0.2) is 60.8 Å². The van der Waals surface area contributed by atoms with Gasteiger partial charge in [0.1, 0.15) is 6.10 Å². The second-order valence-electron chi connectivity index (χ2n) is 11.5. The minimum Gasteiger partial charge on any atom is -0.432 e. The number of aryl methyl sites for hydroxylation is 2. The van der Waals surface area contributed by atoms with Crippen LogP contribution >= 0.6 is 0 Å². The molecule has 1 amide bonds. The Bertz CT molecular complexity index is 1250. The molecule has 9 nitrogen and oxygen atoms in total. The van der Waals surface area contributed by atoms with Crippen molar-refractivity contribution < 1.29 is 24.5 Å². The highest BCUT2D eigenvalue weighted by Crippen LogP contribution is 2.45. The fraction of sp³-hybridized carbons (Fsp3) is 0.500. The highest BCUT2D eigenvalue weighted by molar-refractivity contribution is 6.71. The molecule has 0 aliphatic carbocycles. The number of anilines is 1. The van der Waals surface area contributed by atoms with Gasteiger partial charge in [0, 0.05) is 24.0 Å². The molecule has 6 atom stereocenters. The number of carbonyl (C=O) groups excluding carboxylic acids is 1. The van der Waals surface area contributed by atoms with Crippen molar-refractivity contribution in [2.24, 2.45) is 5.92 Å². The van der Waals surface area contributed by atoms with Crippen molar-refractivity contribution in [1.29, 1.82) is 0 Å². The van der Waals surface area contributed by atoms with Gasteiger partial charge >= 0.3 is 0 Å². The molecule has 40 heavy (non-hydrogen) atoms. The van der Waals surface area contributed by atoms with Gasteiger partial charge in [0.25, 0.3) is 5.91 Å². The first-order valence-electron chi connectivity index (χ1n) is 14.1. The van der Waals surface area contributed by atoms with Crippen molar-refractivity contribution in [2.45, 2.75) is 82.5 Å². The minimum atomic E-state index is -2.51. The third kappa shape index (κ3) is 7.44. The number of carbonyl (C=O) groups is 1. The predicted octanol–water partition coefficient (Wildman–Crippen LogP) is 3.72. The van der Waals surface area contributed by atoms with Crippen LogP contribution in [0.2, 0.25) is 18.6 Å². The number of amides is 1. The van der Waals surface area contributed by atoms with E-state index in [0.29, 0.717) is 18.7 Å². The van der Waals surface area contributed by atoms with E-state index in [4.69, 9.17) is 4.74 Å². The van der Waals surface area contributed by atoms with E-state index >= 15 is 0 Å². The van der Waals surface area contributed by atoms with Crippen molar-refractivity contribution >= 4 is 19.9 Å². The number of benzene rings is 2. The summed E-state index contributed by atoms with van der Waals surface area (Å²) in [5.41, 5.74) is 3.55. The Kier molecular flexibility index (Phi) is 9.91. The van der Waals surface area contributed by atoms with Gasteiger partial charge in [-0.05, 0) is 68.5 Å². The second-order valence-corrected chi connectivity index (χ2v) is 15.5. The molecule has 1 aromatic heterocycles. The molecule has 1 unspecified atom stereocenters. The van der Waals surface area contributed by atoms with E-state index in [9.17, 15) is 19.8 Å². The van der Waals surface area contributed by atoms with Gasteiger partial charge in [0.2, 0.25) is 0 Å². The van der Waals surface area contributed by atoms with Crippen LogP contribution in [0.4, 0.5) is 5.69 Å². The van der Waals surface area contributed by atoms with Crippen molar-refractivity contribution in [3.05, 3.63) is 77.6 Å². The summed E-state index contributed by atoms with van der Waals surface area (Å²) in [6.07, 6.45) is 3.03. The quantitative estimate of drug-likeness (QED) is 0.246. The van der Waals surface area contributed by atoms with Crippen LogP contribution < -0.4 is 5.32 Å². The van der Waals surface area contributed by atoms with E-state index < -0.39 is 20.3 Å². The van der Waals surface area contributed by atoms with Gasteiger partial charge in [-0.15, -0.1) is 5.10 Å². The van der Waals surface area contributed by atoms with E-state index in [2.05, 4.69) is 22.6 Å². The van der Waals surface area contributed by atoms with Crippen LogP contribution in [-0.4, -0.2) is 69.1 Å². The smallest absolute Gasteiger partial charge is 0.252 e. The lowest BCUT2D eigenvalue weighted by molar-refractivity contribution is -0.123. The van der Waals surface area contributed by atoms with Gasteiger partial charge in [-0.2, -0.15) is 0 Å². The fourth-order valence-corrected chi connectivity index (χ4v) is 8.59. The third-order valence-electron chi connectivity index (χ3n) is 7.95. The lowest BCUT2D eigenvalue weighted by Gasteiger charge is -2.30. The zero-order valence-corrected chi connectivity index (χ0v) is 24.8. The zero-order chi connectivity index (χ0) is 28.9. The van der Waals surface area contributed by atoms with E-state index in [1.807, 2.05) is 73.9 Å². The number of hydrogen-bond acceptors (Lipinski definition) is 7. The highest BCUT2D eigenvalue weighted by Gasteiger charge is 2.49. The third-order valence-corrected chi connectivity index (χ3v) is 10.5. The van der Waals surface area contributed by atoms with Crippen LogP contribution in [0.3, 0.4) is 0 Å². The average molecular weight is 567 g/mol. The molecule has 4 N–H and O–H groups in total. The van der Waals surface area contributed by atoms with Crippen LogP contribution in [0.1, 0.15) is 49.4 Å². The van der Waals surface area contributed by atoms with Crippen LogP contribution in [-0.2, 0) is 22.5 Å². The summed E-state index contributed by atoms with van der Waals surface area (Å²) in [5, 5.41) is 30.8. The molecule has 2 heterocycles. The molecule has 1 fully saturated rings. The summed E-state index contributed by atoms with van der Waals surface area (Å²) in [5.74, 6) is -0.451. The first-order chi connectivity index (χ1) is 19.1. The number of nitrogens with one attached hydrogen (secondary N) is 1. The van der Waals surface area contributed by atoms with Gasteiger partial charge in [0.15, 0.2) is 8.32 Å². The van der Waals surface area contributed by atoms with E-state index in [1.165, 1.54) is 6.92 Å². The Morgan fingerprint density at radius 3 is 2.55 bits per heavy atom. The van der Waals surface area contributed by atoms with E-state index in [1.54, 1.807) is 4.68 Å².